The standard InChI is InChI=1S/C19H23N5OS/c1-13-21-18(23-22-13)14-6-5-9-24(11-14)12-15-10-20-19(26-15)16-7-3-4-8-17(16)25-2/h3-4,7-8,10,14H,5-6,9,11-12H2,1-2H3,(H,21,22,23)/t14-/m0/s1. The second-order valence-electron chi connectivity index (χ2n) is 6.69. The maximum Gasteiger partial charge on any atom is 0.155 e. The van der Waals surface area contributed by atoms with Crippen LogP contribution in [-0.4, -0.2) is 45.3 Å². The first-order valence-corrected chi connectivity index (χ1v) is 9.74. The lowest BCUT2D eigenvalue weighted by Crippen LogP contribution is -2.34. The van der Waals surface area contributed by atoms with E-state index < -0.39 is 0 Å². The van der Waals surface area contributed by atoms with Gasteiger partial charge in [0, 0.05) is 30.1 Å². The first kappa shape index (κ1) is 17.2. The van der Waals surface area contributed by atoms with Gasteiger partial charge < -0.3 is 4.74 Å². The molecule has 136 valence electrons. The number of aromatic nitrogens is 4. The zero-order valence-electron chi connectivity index (χ0n) is 15.1. The molecule has 0 bridgehead atoms. The molecule has 0 spiro atoms. The van der Waals surface area contributed by atoms with E-state index in [0.717, 1.165) is 54.0 Å². The highest BCUT2D eigenvalue weighted by Gasteiger charge is 2.24. The van der Waals surface area contributed by atoms with E-state index in [1.54, 1.807) is 18.4 Å². The Balaban J connectivity index is 1.45. The van der Waals surface area contributed by atoms with Crippen LogP contribution in [-0.2, 0) is 6.54 Å². The summed E-state index contributed by atoms with van der Waals surface area (Å²) in [6.07, 6.45) is 4.33. The van der Waals surface area contributed by atoms with Gasteiger partial charge in [0.15, 0.2) is 5.82 Å². The Bertz CT molecular complexity index is 874. The van der Waals surface area contributed by atoms with Crippen molar-refractivity contribution in [3.8, 4) is 16.3 Å². The van der Waals surface area contributed by atoms with Crippen molar-refractivity contribution < 1.29 is 4.74 Å². The number of aryl methyl sites for hydroxylation is 1. The van der Waals surface area contributed by atoms with E-state index in [4.69, 9.17) is 4.74 Å². The maximum absolute atomic E-state index is 5.46. The number of para-hydroxylation sites is 1. The molecule has 1 fully saturated rings. The lowest BCUT2D eigenvalue weighted by atomic mass is 9.97. The molecule has 7 heteroatoms. The van der Waals surface area contributed by atoms with E-state index in [9.17, 15) is 0 Å². The van der Waals surface area contributed by atoms with Crippen LogP contribution in [0.15, 0.2) is 30.5 Å². The van der Waals surface area contributed by atoms with Gasteiger partial charge in [0.1, 0.15) is 16.6 Å². The fraction of sp³-hybridized carbons (Fsp3) is 0.421. The van der Waals surface area contributed by atoms with E-state index in [2.05, 4.69) is 31.1 Å². The Morgan fingerprint density at radius 3 is 3.04 bits per heavy atom. The lowest BCUT2D eigenvalue weighted by molar-refractivity contribution is 0.198. The van der Waals surface area contributed by atoms with Crippen molar-refractivity contribution in [2.45, 2.75) is 32.2 Å². The van der Waals surface area contributed by atoms with Crippen LogP contribution in [0.1, 0.15) is 35.3 Å². The van der Waals surface area contributed by atoms with Crippen LogP contribution in [0, 0.1) is 6.92 Å². The summed E-state index contributed by atoms with van der Waals surface area (Å²) >= 11 is 1.74. The maximum atomic E-state index is 5.46. The second-order valence-corrected chi connectivity index (χ2v) is 7.80. The second kappa shape index (κ2) is 7.55. The number of ether oxygens (including phenoxy) is 1. The minimum atomic E-state index is 0.412. The Morgan fingerprint density at radius 1 is 1.35 bits per heavy atom. The van der Waals surface area contributed by atoms with Crippen molar-refractivity contribution in [1.82, 2.24) is 25.1 Å². The van der Waals surface area contributed by atoms with Gasteiger partial charge in [-0.1, -0.05) is 12.1 Å². The Hall–Kier alpha value is -2.25. The minimum absolute atomic E-state index is 0.412. The largest absolute Gasteiger partial charge is 0.496 e. The molecule has 0 saturated carbocycles. The van der Waals surface area contributed by atoms with Crippen LogP contribution in [0.2, 0.25) is 0 Å². The normalized spacial score (nSPS) is 18.2. The quantitative estimate of drug-likeness (QED) is 0.744. The van der Waals surface area contributed by atoms with Gasteiger partial charge in [-0.3, -0.25) is 10.00 Å². The molecule has 1 N–H and O–H groups in total. The fourth-order valence-corrected chi connectivity index (χ4v) is 4.48. The highest BCUT2D eigenvalue weighted by atomic mass is 32.1. The summed E-state index contributed by atoms with van der Waals surface area (Å²) in [5, 5.41) is 8.33. The number of nitrogens with one attached hydrogen (secondary N) is 1. The molecule has 0 radical (unpaired) electrons. The zero-order valence-corrected chi connectivity index (χ0v) is 15.9. The zero-order chi connectivity index (χ0) is 17.9. The molecule has 3 aromatic rings. The van der Waals surface area contributed by atoms with Crippen molar-refractivity contribution in [1.29, 1.82) is 0 Å². The van der Waals surface area contributed by atoms with Crippen molar-refractivity contribution in [3.63, 3.8) is 0 Å². The smallest absolute Gasteiger partial charge is 0.155 e. The third-order valence-electron chi connectivity index (χ3n) is 4.76. The molecule has 0 unspecified atom stereocenters. The lowest BCUT2D eigenvalue weighted by Gasteiger charge is -2.30. The van der Waals surface area contributed by atoms with Gasteiger partial charge in [-0.05, 0) is 38.4 Å². The van der Waals surface area contributed by atoms with Gasteiger partial charge in [0.25, 0.3) is 0 Å². The number of likely N-dealkylation sites (tertiary alicyclic amines) is 1. The van der Waals surface area contributed by atoms with Crippen LogP contribution in [0.25, 0.3) is 10.6 Å². The van der Waals surface area contributed by atoms with Crippen LogP contribution in [0.3, 0.4) is 0 Å². The van der Waals surface area contributed by atoms with Gasteiger partial charge in [-0.15, -0.1) is 11.3 Å². The minimum Gasteiger partial charge on any atom is -0.496 e. The summed E-state index contributed by atoms with van der Waals surface area (Å²) in [5.74, 6) is 3.12. The van der Waals surface area contributed by atoms with Crippen LogP contribution >= 0.6 is 11.3 Å². The number of benzene rings is 1. The highest BCUT2D eigenvalue weighted by molar-refractivity contribution is 7.15. The number of hydrogen-bond acceptors (Lipinski definition) is 6. The summed E-state index contributed by atoms with van der Waals surface area (Å²) in [6.45, 7) is 4.99. The molecular weight excluding hydrogens is 346 g/mol. The van der Waals surface area contributed by atoms with E-state index in [1.165, 1.54) is 11.3 Å². The predicted molar refractivity (Wildman–Crippen MR) is 102 cm³/mol. The predicted octanol–water partition coefficient (Wildman–Crippen LogP) is 3.62. The SMILES string of the molecule is COc1ccccc1-c1ncc(CN2CCC[C@H](c3n[nH]c(C)n3)C2)s1. The number of hydrogen-bond donors (Lipinski definition) is 1. The number of rotatable bonds is 5. The summed E-state index contributed by atoms with van der Waals surface area (Å²) in [7, 11) is 1.70. The number of piperidine rings is 1. The molecule has 2 aromatic heterocycles. The molecular formula is C19H23N5OS. The van der Waals surface area contributed by atoms with Gasteiger partial charge in [-0.25, -0.2) is 9.97 Å². The Kier molecular flexibility index (Phi) is 4.99. The topological polar surface area (TPSA) is 66.9 Å². The first-order chi connectivity index (χ1) is 12.7. The molecule has 4 rings (SSSR count). The average Bonchev–Trinajstić information content (AvgIpc) is 3.31. The van der Waals surface area contributed by atoms with Gasteiger partial charge in [0.2, 0.25) is 0 Å². The Labute approximate surface area is 157 Å². The summed E-state index contributed by atoms with van der Waals surface area (Å²) < 4.78 is 5.46. The monoisotopic (exact) mass is 369 g/mol. The van der Waals surface area contributed by atoms with E-state index in [1.807, 2.05) is 31.3 Å². The molecule has 1 aliphatic rings. The number of aromatic amines is 1. The first-order valence-electron chi connectivity index (χ1n) is 8.92. The summed E-state index contributed by atoms with van der Waals surface area (Å²) in [6, 6.07) is 8.04. The highest BCUT2D eigenvalue weighted by Crippen LogP contribution is 2.33. The number of H-pyrrole nitrogens is 1. The molecule has 3 heterocycles. The molecule has 0 amide bonds. The third-order valence-corrected chi connectivity index (χ3v) is 5.77. The number of methoxy groups -OCH3 is 1. The summed E-state index contributed by atoms with van der Waals surface area (Å²) in [4.78, 5) is 12.9. The molecule has 1 aromatic carbocycles. The Morgan fingerprint density at radius 2 is 2.23 bits per heavy atom. The van der Waals surface area contributed by atoms with E-state index in [0.29, 0.717) is 5.92 Å². The van der Waals surface area contributed by atoms with Gasteiger partial charge >= 0.3 is 0 Å². The molecule has 0 aliphatic carbocycles. The molecule has 6 nitrogen and oxygen atoms in total. The van der Waals surface area contributed by atoms with Gasteiger partial charge in [0.05, 0.1) is 12.7 Å². The number of thiazole rings is 1. The summed E-state index contributed by atoms with van der Waals surface area (Å²) in [5.41, 5.74) is 1.05. The van der Waals surface area contributed by atoms with E-state index >= 15 is 0 Å². The van der Waals surface area contributed by atoms with Crippen LogP contribution < -0.4 is 4.74 Å². The van der Waals surface area contributed by atoms with Crippen LogP contribution in [0.5, 0.6) is 5.75 Å². The van der Waals surface area contributed by atoms with Crippen molar-refractivity contribution >= 4 is 11.3 Å². The van der Waals surface area contributed by atoms with Crippen LogP contribution in [0.4, 0.5) is 0 Å². The molecule has 1 aliphatic heterocycles. The fourth-order valence-electron chi connectivity index (χ4n) is 3.50. The average molecular weight is 369 g/mol. The van der Waals surface area contributed by atoms with Crippen molar-refractivity contribution in [3.05, 3.63) is 47.0 Å². The van der Waals surface area contributed by atoms with E-state index in [-0.39, 0.29) is 0 Å². The van der Waals surface area contributed by atoms with Crippen molar-refractivity contribution in [2.24, 2.45) is 0 Å². The molecule has 26 heavy (non-hydrogen) atoms. The molecule has 1 atom stereocenters. The number of nitrogens with zero attached hydrogens (tertiary/aromatic N) is 4. The van der Waals surface area contributed by atoms with Crippen molar-refractivity contribution in [2.75, 3.05) is 20.2 Å². The third kappa shape index (κ3) is 3.64. The molecule has 1 saturated heterocycles. The van der Waals surface area contributed by atoms with Gasteiger partial charge in [-0.2, -0.15) is 5.10 Å².